The molecule has 0 aromatic heterocycles. The average Bonchev–Trinajstić information content (AvgIpc) is 2.93. The first-order chi connectivity index (χ1) is 19.5. The topological polar surface area (TPSA) is 261 Å². The highest BCUT2D eigenvalue weighted by molar-refractivity contribution is 7.98. The van der Waals surface area contributed by atoms with Crippen LogP contribution < -0.4 is 38.9 Å². The van der Waals surface area contributed by atoms with E-state index in [1.807, 2.05) is 6.26 Å². The van der Waals surface area contributed by atoms with Gasteiger partial charge in [0.05, 0.1) is 6.04 Å². The summed E-state index contributed by atoms with van der Waals surface area (Å²) >= 11 is 1.53. The van der Waals surface area contributed by atoms with Crippen molar-refractivity contribution < 1.29 is 29.4 Å². The van der Waals surface area contributed by atoms with Crippen molar-refractivity contribution in [2.45, 2.75) is 69.1 Å². The summed E-state index contributed by atoms with van der Waals surface area (Å²) in [7, 11) is 0. The lowest BCUT2D eigenvalue weighted by molar-refractivity contribution is -0.142. The van der Waals surface area contributed by atoms with E-state index in [2.05, 4.69) is 20.9 Å². The third-order valence-electron chi connectivity index (χ3n) is 6.12. The molecule has 0 aliphatic carbocycles. The molecule has 230 valence electrons. The van der Waals surface area contributed by atoms with E-state index in [0.717, 1.165) is 0 Å². The second-order valence-corrected chi connectivity index (χ2v) is 10.5. The van der Waals surface area contributed by atoms with Crippen LogP contribution in [0.15, 0.2) is 29.3 Å². The van der Waals surface area contributed by atoms with Gasteiger partial charge in [0, 0.05) is 13.0 Å². The molecule has 14 nitrogen and oxygen atoms in total. The largest absolute Gasteiger partial charge is 0.508 e. The van der Waals surface area contributed by atoms with Crippen molar-refractivity contribution in [1.82, 2.24) is 16.0 Å². The highest BCUT2D eigenvalue weighted by Crippen LogP contribution is 2.13. The summed E-state index contributed by atoms with van der Waals surface area (Å²) in [5.41, 5.74) is 22.9. The van der Waals surface area contributed by atoms with Crippen LogP contribution in [0.4, 0.5) is 0 Å². The number of aliphatic carboxylic acids is 1. The first-order valence-corrected chi connectivity index (χ1v) is 14.8. The Labute approximate surface area is 244 Å². The quantitative estimate of drug-likeness (QED) is 0.0487. The Hall–Kier alpha value is -3.56. The number of carboxylic acids is 1. The minimum atomic E-state index is -1.21. The van der Waals surface area contributed by atoms with Crippen LogP contribution >= 0.6 is 11.8 Å². The highest BCUT2D eigenvalue weighted by atomic mass is 32.2. The zero-order valence-corrected chi connectivity index (χ0v) is 24.2. The van der Waals surface area contributed by atoms with Gasteiger partial charge in [-0.05, 0) is 74.8 Å². The van der Waals surface area contributed by atoms with Crippen molar-refractivity contribution in [2.75, 3.05) is 25.1 Å². The molecule has 1 aromatic rings. The standard InChI is InChI=1S/C26H44N8O6S/c1-41-14-11-18(28)22(36)34-21(15-16-7-9-17(35)10-8-16)24(38)32-19(6-4-13-31-26(29)30)23(37)33-20(25(39)40)5-2-3-12-27/h7-10,18-21,35H,2-6,11-15,27-28H2,1H3,(H,32,38)(H,33,37)(H,34,36)(H,39,40)(H4,29,30,31). The van der Waals surface area contributed by atoms with Gasteiger partial charge in [-0.3, -0.25) is 19.4 Å². The number of aromatic hydroxyl groups is 1. The summed E-state index contributed by atoms with van der Waals surface area (Å²) in [6, 6.07) is 1.84. The molecule has 0 fully saturated rings. The minimum absolute atomic E-state index is 0.0369. The number of carbonyl (C=O) groups is 4. The Morgan fingerprint density at radius 1 is 0.878 bits per heavy atom. The lowest BCUT2D eigenvalue weighted by Gasteiger charge is -2.25. The zero-order valence-electron chi connectivity index (χ0n) is 23.4. The van der Waals surface area contributed by atoms with E-state index in [4.69, 9.17) is 22.9 Å². The Balaban J connectivity index is 3.15. The van der Waals surface area contributed by atoms with E-state index in [1.165, 1.54) is 23.9 Å². The third kappa shape index (κ3) is 14.6. The maximum absolute atomic E-state index is 13.5. The van der Waals surface area contributed by atoms with Crippen molar-refractivity contribution in [3.8, 4) is 5.75 Å². The fourth-order valence-corrected chi connectivity index (χ4v) is 4.29. The maximum Gasteiger partial charge on any atom is 0.326 e. The number of benzene rings is 1. The molecule has 0 saturated heterocycles. The lowest BCUT2D eigenvalue weighted by atomic mass is 10.0. The van der Waals surface area contributed by atoms with Gasteiger partial charge in [-0.1, -0.05) is 12.1 Å². The second kappa shape index (κ2) is 19.5. The van der Waals surface area contributed by atoms with Gasteiger partial charge < -0.3 is 49.1 Å². The molecule has 3 amide bonds. The second-order valence-electron chi connectivity index (χ2n) is 9.51. The molecule has 0 saturated carbocycles. The van der Waals surface area contributed by atoms with Gasteiger partial charge in [-0.2, -0.15) is 11.8 Å². The van der Waals surface area contributed by atoms with Crippen LogP contribution in [0, 0.1) is 0 Å². The molecule has 0 heterocycles. The van der Waals surface area contributed by atoms with Crippen LogP contribution in [0.25, 0.3) is 0 Å². The highest BCUT2D eigenvalue weighted by Gasteiger charge is 2.30. The number of aliphatic imine (C=N–C) groups is 1. The molecule has 1 rings (SSSR count). The molecule has 0 spiro atoms. The Morgan fingerprint density at radius 2 is 1.46 bits per heavy atom. The number of nitrogens with zero attached hydrogens (tertiary/aromatic N) is 1. The molecule has 0 radical (unpaired) electrons. The summed E-state index contributed by atoms with van der Waals surface area (Å²) in [5.74, 6) is -2.55. The fraction of sp³-hybridized carbons (Fsp3) is 0.577. The Morgan fingerprint density at radius 3 is 2.05 bits per heavy atom. The number of nitrogens with two attached hydrogens (primary N) is 4. The Kier molecular flexibility index (Phi) is 16.9. The first-order valence-electron chi connectivity index (χ1n) is 13.4. The summed E-state index contributed by atoms with van der Waals surface area (Å²) in [5, 5.41) is 27.0. The summed E-state index contributed by atoms with van der Waals surface area (Å²) in [4.78, 5) is 55.1. The molecular weight excluding hydrogens is 552 g/mol. The van der Waals surface area contributed by atoms with Crippen LogP contribution in [0.2, 0.25) is 0 Å². The van der Waals surface area contributed by atoms with Crippen molar-refractivity contribution >= 4 is 41.4 Å². The number of phenolic OH excluding ortho intramolecular Hbond substituents is 1. The predicted octanol–water partition coefficient (Wildman–Crippen LogP) is -1.26. The predicted molar refractivity (Wildman–Crippen MR) is 159 cm³/mol. The minimum Gasteiger partial charge on any atom is -0.508 e. The average molecular weight is 597 g/mol. The molecule has 13 N–H and O–H groups in total. The number of unbranched alkanes of at least 4 members (excludes halogenated alkanes) is 1. The number of thioether (sulfide) groups is 1. The van der Waals surface area contributed by atoms with E-state index in [1.54, 1.807) is 12.1 Å². The molecule has 0 aliphatic heterocycles. The van der Waals surface area contributed by atoms with Gasteiger partial charge in [0.2, 0.25) is 17.7 Å². The number of phenols is 1. The zero-order chi connectivity index (χ0) is 30.8. The van der Waals surface area contributed by atoms with Crippen LogP contribution in [0.5, 0.6) is 5.75 Å². The molecule has 0 bridgehead atoms. The number of hydrogen-bond donors (Lipinski definition) is 9. The van der Waals surface area contributed by atoms with Crippen LogP contribution in [0.1, 0.15) is 44.1 Å². The van der Waals surface area contributed by atoms with Gasteiger partial charge in [0.1, 0.15) is 23.9 Å². The van der Waals surface area contributed by atoms with E-state index < -0.39 is 47.9 Å². The van der Waals surface area contributed by atoms with Gasteiger partial charge in [0.25, 0.3) is 0 Å². The van der Waals surface area contributed by atoms with E-state index in [9.17, 15) is 29.4 Å². The molecule has 1 aromatic carbocycles. The number of amides is 3. The van der Waals surface area contributed by atoms with Crippen LogP contribution in [0.3, 0.4) is 0 Å². The van der Waals surface area contributed by atoms with Crippen molar-refractivity contribution in [3.63, 3.8) is 0 Å². The third-order valence-corrected chi connectivity index (χ3v) is 6.76. The Bertz CT molecular complexity index is 1010. The van der Waals surface area contributed by atoms with Crippen LogP contribution in [-0.4, -0.2) is 89.1 Å². The summed E-state index contributed by atoms with van der Waals surface area (Å²) in [6.45, 7) is 0.567. The van der Waals surface area contributed by atoms with E-state index in [-0.39, 0.29) is 37.5 Å². The molecule has 41 heavy (non-hydrogen) atoms. The number of guanidine groups is 1. The van der Waals surface area contributed by atoms with Crippen molar-refractivity contribution in [2.24, 2.45) is 27.9 Å². The number of hydrogen-bond acceptors (Lipinski definition) is 9. The molecule has 0 aliphatic rings. The van der Waals surface area contributed by atoms with Gasteiger partial charge >= 0.3 is 5.97 Å². The van der Waals surface area contributed by atoms with Crippen LogP contribution in [-0.2, 0) is 25.6 Å². The smallest absolute Gasteiger partial charge is 0.326 e. The van der Waals surface area contributed by atoms with E-state index in [0.29, 0.717) is 43.5 Å². The number of carbonyl (C=O) groups excluding carboxylic acids is 3. The molecular formula is C26H44N8O6S. The maximum atomic E-state index is 13.5. The first kappa shape index (κ1) is 35.5. The van der Waals surface area contributed by atoms with Gasteiger partial charge in [0.15, 0.2) is 5.96 Å². The van der Waals surface area contributed by atoms with Crippen molar-refractivity contribution in [1.29, 1.82) is 0 Å². The molecule has 4 atom stereocenters. The molecule has 15 heteroatoms. The van der Waals surface area contributed by atoms with Gasteiger partial charge in [-0.15, -0.1) is 0 Å². The fourth-order valence-electron chi connectivity index (χ4n) is 3.80. The summed E-state index contributed by atoms with van der Waals surface area (Å²) in [6.07, 6.45) is 3.98. The van der Waals surface area contributed by atoms with Gasteiger partial charge in [-0.25, -0.2) is 4.79 Å². The number of rotatable bonds is 20. The monoisotopic (exact) mass is 596 g/mol. The summed E-state index contributed by atoms with van der Waals surface area (Å²) < 4.78 is 0. The lowest BCUT2D eigenvalue weighted by Crippen LogP contribution is -2.57. The SMILES string of the molecule is CSCCC(N)C(=O)NC(Cc1ccc(O)cc1)C(=O)NC(CCCN=C(N)N)C(=O)NC(CCCCN)C(=O)O. The number of nitrogens with one attached hydrogen (secondary N) is 3. The van der Waals surface area contributed by atoms with Crippen molar-refractivity contribution in [3.05, 3.63) is 29.8 Å². The molecule has 4 unspecified atom stereocenters. The van der Waals surface area contributed by atoms with E-state index >= 15 is 0 Å². The number of carboxylic acid groups (broad SMARTS) is 1. The normalized spacial score (nSPS) is 13.7.